The van der Waals surface area contributed by atoms with Crippen molar-refractivity contribution in [3.05, 3.63) is 24.4 Å². The molecule has 0 spiro atoms. The molecular weight excluding hydrogens is 406 g/mol. The Bertz CT molecular complexity index is 892. The van der Waals surface area contributed by atoms with Crippen LogP contribution in [0.25, 0.3) is 0 Å². The Morgan fingerprint density at radius 3 is 2.40 bits per heavy atom. The summed E-state index contributed by atoms with van der Waals surface area (Å²) in [4.78, 5) is 34.5. The molecule has 1 fully saturated rings. The maximum atomic E-state index is 11.8. The fourth-order valence-corrected chi connectivity index (χ4v) is 3.65. The molecule has 0 aliphatic carbocycles. The molecule has 160 valence electrons. The van der Waals surface area contributed by atoms with E-state index < -0.39 is 0 Å². The molecule has 0 unspecified atom stereocenters. The molecule has 0 radical (unpaired) electrons. The molecular formula is C19H25N7O3S. The number of nitrogens with zero attached hydrogens (tertiary/aromatic N) is 6. The summed E-state index contributed by atoms with van der Waals surface area (Å²) in [6.45, 7) is 5.29. The first-order chi connectivity index (χ1) is 14.5. The maximum absolute atomic E-state index is 11.8. The van der Waals surface area contributed by atoms with E-state index in [0.29, 0.717) is 33.6 Å². The summed E-state index contributed by atoms with van der Waals surface area (Å²) < 4.78 is 11.0. The lowest BCUT2D eigenvalue weighted by Crippen LogP contribution is -2.45. The van der Waals surface area contributed by atoms with Crippen LogP contribution in [0.4, 0.5) is 11.8 Å². The second kappa shape index (κ2) is 10.2. The average Bonchev–Trinajstić information content (AvgIpc) is 2.74. The van der Waals surface area contributed by atoms with E-state index in [-0.39, 0.29) is 5.91 Å². The van der Waals surface area contributed by atoms with E-state index in [4.69, 9.17) is 9.47 Å². The summed E-state index contributed by atoms with van der Waals surface area (Å²) in [5.41, 5.74) is 0. The molecule has 2 aromatic heterocycles. The highest BCUT2D eigenvalue weighted by Gasteiger charge is 2.23. The van der Waals surface area contributed by atoms with E-state index in [2.05, 4.69) is 42.1 Å². The lowest BCUT2D eigenvalue weighted by atomic mass is 10.3. The van der Waals surface area contributed by atoms with Gasteiger partial charge >= 0.3 is 0 Å². The number of amides is 1. The van der Waals surface area contributed by atoms with Crippen LogP contribution >= 0.6 is 11.8 Å². The molecule has 3 rings (SSSR count). The molecule has 11 heteroatoms. The maximum Gasteiger partial charge on any atom is 0.249 e. The van der Waals surface area contributed by atoms with Gasteiger partial charge < -0.3 is 24.6 Å². The number of nitrogens with one attached hydrogen (secondary N) is 1. The second-order valence-electron chi connectivity index (χ2n) is 6.48. The van der Waals surface area contributed by atoms with Crippen molar-refractivity contribution in [3.63, 3.8) is 0 Å². The molecule has 1 aliphatic rings. The number of piperazine rings is 1. The summed E-state index contributed by atoms with van der Waals surface area (Å²) in [6, 6.07) is 1.62. The summed E-state index contributed by atoms with van der Waals surface area (Å²) in [5.74, 6) is 1.46. The van der Waals surface area contributed by atoms with Gasteiger partial charge in [-0.25, -0.2) is 9.97 Å². The molecule has 30 heavy (non-hydrogen) atoms. The number of hydrogen-bond acceptors (Lipinski definition) is 10. The van der Waals surface area contributed by atoms with Gasteiger partial charge in [0, 0.05) is 32.4 Å². The second-order valence-corrected chi connectivity index (χ2v) is 7.45. The third-order valence-corrected chi connectivity index (χ3v) is 5.29. The number of aromatic nitrogens is 4. The minimum absolute atomic E-state index is 0.262. The smallest absolute Gasteiger partial charge is 0.249 e. The molecule has 0 aromatic carbocycles. The van der Waals surface area contributed by atoms with Gasteiger partial charge in [-0.3, -0.25) is 4.79 Å². The van der Waals surface area contributed by atoms with Crippen LogP contribution in [-0.4, -0.2) is 78.2 Å². The van der Waals surface area contributed by atoms with Gasteiger partial charge in [0.2, 0.25) is 23.6 Å². The number of allylic oxidation sites excluding steroid dienone is 1. The fraction of sp³-hybridized carbons (Fsp3) is 0.421. The van der Waals surface area contributed by atoms with Gasteiger partial charge in [-0.2, -0.15) is 9.97 Å². The number of carbonyl (C=O) groups is 1. The van der Waals surface area contributed by atoms with Gasteiger partial charge in [-0.15, -0.1) is 0 Å². The van der Waals surface area contributed by atoms with Crippen molar-refractivity contribution in [3.8, 4) is 11.8 Å². The predicted octanol–water partition coefficient (Wildman–Crippen LogP) is 1.70. The molecule has 1 aliphatic heterocycles. The fourth-order valence-electron chi connectivity index (χ4n) is 2.78. The van der Waals surface area contributed by atoms with Crippen molar-refractivity contribution in [2.45, 2.75) is 17.0 Å². The number of ether oxygens (including phenoxy) is 2. The van der Waals surface area contributed by atoms with Crippen molar-refractivity contribution in [2.75, 3.05) is 57.7 Å². The van der Waals surface area contributed by atoms with Crippen molar-refractivity contribution >= 4 is 29.4 Å². The lowest BCUT2D eigenvalue weighted by molar-refractivity contribution is -0.111. The van der Waals surface area contributed by atoms with Crippen LogP contribution in [-0.2, 0) is 4.79 Å². The van der Waals surface area contributed by atoms with E-state index in [1.54, 1.807) is 39.5 Å². The molecule has 10 nitrogen and oxygen atoms in total. The van der Waals surface area contributed by atoms with E-state index in [1.165, 1.54) is 17.8 Å². The van der Waals surface area contributed by atoms with Crippen molar-refractivity contribution < 1.29 is 14.3 Å². The highest BCUT2D eigenvalue weighted by molar-refractivity contribution is 7.99. The standard InChI is InChI=1S/C19H25N7O3S/c1-5-6-14(27)21-13-7-8-20-19(22-13)30-15-16(28-3)23-18(24-17(15)29-4)26-11-9-25(2)10-12-26/h5-8H,9-12H2,1-4H3,(H,20,21,22,27)/b6-5+. The molecule has 2 aromatic rings. The van der Waals surface area contributed by atoms with E-state index in [1.807, 2.05) is 0 Å². The summed E-state index contributed by atoms with van der Waals surface area (Å²) in [6.07, 6.45) is 4.64. The Hall–Kier alpha value is -2.92. The first-order valence-electron chi connectivity index (χ1n) is 9.42. The minimum Gasteiger partial charge on any atom is -0.480 e. The highest BCUT2D eigenvalue weighted by Crippen LogP contribution is 2.39. The molecule has 1 saturated heterocycles. The first kappa shape index (κ1) is 21.8. The number of likely N-dealkylation sites (N-methyl/N-ethyl adjacent to an activating group) is 1. The van der Waals surface area contributed by atoms with E-state index >= 15 is 0 Å². The van der Waals surface area contributed by atoms with Gasteiger partial charge in [0.05, 0.1) is 14.2 Å². The molecule has 3 heterocycles. The molecule has 0 atom stereocenters. The Kier molecular flexibility index (Phi) is 7.41. The zero-order valence-corrected chi connectivity index (χ0v) is 18.3. The van der Waals surface area contributed by atoms with Crippen LogP contribution in [0.1, 0.15) is 6.92 Å². The predicted molar refractivity (Wildman–Crippen MR) is 114 cm³/mol. The summed E-state index contributed by atoms with van der Waals surface area (Å²) >= 11 is 1.21. The molecule has 1 amide bonds. The monoisotopic (exact) mass is 431 g/mol. The summed E-state index contributed by atoms with van der Waals surface area (Å²) in [7, 11) is 5.19. The lowest BCUT2D eigenvalue weighted by Gasteiger charge is -2.32. The number of hydrogen-bond donors (Lipinski definition) is 1. The van der Waals surface area contributed by atoms with Crippen LogP contribution in [0.5, 0.6) is 11.8 Å². The largest absolute Gasteiger partial charge is 0.480 e. The Morgan fingerprint density at radius 1 is 1.13 bits per heavy atom. The van der Waals surface area contributed by atoms with Crippen molar-refractivity contribution in [1.82, 2.24) is 24.8 Å². The quantitative estimate of drug-likeness (QED) is 0.514. The third-order valence-electron chi connectivity index (χ3n) is 4.36. The average molecular weight is 432 g/mol. The van der Waals surface area contributed by atoms with Crippen LogP contribution in [0.2, 0.25) is 0 Å². The Labute approximate surface area is 179 Å². The number of methoxy groups -OCH3 is 2. The minimum atomic E-state index is -0.262. The molecule has 1 N–H and O–H groups in total. The van der Waals surface area contributed by atoms with Gasteiger partial charge in [0.25, 0.3) is 0 Å². The van der Waals surface area contributed by atoms with Gasteiger partial charge in [-0.1, -0.05) is 6.08 Å². The van der Waals surface area contributed by atoms with Crippen molar-refractivity contribution in [1.29, 1.82) is 0 Å². The number of carbonyl (C=O) groups excluding carboxylic acids is 1. The molecule has 0 bridgehead atoms. The van der Waals surface area contributed by atoms with Gasteiger partial charge in [0.15, 0.2) is 5.16 Å². The first-order valence-corrected chi connectivity index (χ1v) is 10.2. The molecule has 0 saturated carbocycles. The number of rotatable bonds is 7. The Balaban J connectivity index is 1.86. The van der Waals surface area contributed by atoms with Crippen LogP contribution in [0.3, 0.4) is 0 Å². The van der Waals surface area contributed by atoms with Crippen LogP contribution in [0.15, 0.2) is 34.5 Å². The SMILES string of the molecule is C/C=C/C(=O)Nc1ccnc(Sc2c(OC)nc(N3CCN(C)CC3)nc2OC)n1. The Morgan fingerprint density at radius 2 is 1.80 bits per heavy atom. The van der Waals surface area contributed by atoms with Gasteiger partial charge in [0.1, 0.15) is 10.7 Å². The number of anilines is 2. The van der Waals surface area contributed by atoms with Gasteiger partial charge in [-0.05, 0) is 37.9 Å². The van der Waals surface area contributed by atoms with Crippen LogP contribution < -0.4 is 19.7 Å². The topological polar surface area (TPSA) is 106 Å². The summed E-state index contributed by atoms with van der Waals surface area (Å²) in [5, 5.41) is 3.09. The van der Waals surface area contributed by atoms with E-state index in [9.17, 15) is 4.79 Å². The third kappa shape index (κ3) is 5.36. The zero-order valence-electron chi connectivity index (χ0n) is 17.5. The highest BCUT2D eigenvalue weighted by atomic mass is 32.2. The van der Waals surface area contributed by atoms with Crippen molar-refractivity contribution in [2.24, 2.45) is 0 Å². The van der Waals surface area contributed by atoms with E-state index in [0.717, 1.165) is 26.2 Å². The normalized spacial score (nSPS) is 14.7. The zero-order chi connectivity index (χ0) is 21.5. The van der Waals surface area contributed by atoms with Crippen LogP contribution in [0, 0.1) is 0 Å².